The zero-order valence-electron chi connectivity index (χ0n) is 11.6. The third kappa shape index (κ3) is 2.67. The van der Waals surface area contributed by atoms with Gasteiger partial charge in [0.25, 0.3) is 0 Å². The van der Waals surface area contributed by atoms with Crippen molar-refractivity contribution in [2.75, 3.05) is 18.0 Å². The van der Waals surface area contributed by atoms with Crippen LogP contribution in [-0.2, 0) is 0 Å². The number of anilines is 1. The summed E-state index contributed by atoms with van der Waals surface area (Å²) in [4.78, 5) is 17.5. The molecule has 3 rings (SSSR count). The van der Waals surface area contributed by atoms with E-state index >= 15 is 0 Å². The van der Waals surface area contributed by atoms with Gasteiger partial charge in [0.1, 0.15) is 5.52 Å². The molecule has 0 radical (unpaired) electrons. The van der Waals surface area contributed by atoms with Crippen LogP contribution in [0.2, 0.25) is 0 Å². The molecule has 0 atom stereocenters. The van der Waals surface area contributed by atoms with Gasteiger partial charge in [-0.05, 0) is 35.7 Å². The number of fused-ring (bicyclic) bond motifs is 1. The largest absolute Gasteiger partial charge is 0.465 e. The highest BCUT2D eigenvalue weighted by atomic mass is 79.9. The number of pyridine rings is 1. The first kappa shape index (κ1) is 14.1. The molecule has 0 saturated carbocycles. The lowest BCUT2D eigenvalue weighted by Gasteiger charge is -2.39. The van der Waals surface area contributed by atoms with Gasteiger partial charge in [0, 0.05) is 34.7 Å². The van der Waals surface area contributed by atoms with Crippen LogP contribution in [0, 0.1) is 0 Å². The summed E-state index contributed by atoms with van der Waals surface area (Å²) >= 11 is 3.46. The molecule has 1 aliphatic heterocycles. The van der Waals surface area contributed by atoms with Crippen molar-refractivity contribution >= 4 is 38.7 Å². The van der Waals surface area contributed by atoms with Gasteiger partial charge in [0.15, 0.2) is 5.82 Å². The molecule has 2 aromatic rings. The number of hydrogen-bond donors (Lipinski definition) is 3. The van der Waals surface area contributed by atoms with E-state index in [2.05, 4.69) is 41.3 Å². The monoisotopic (exact) mass is 353 g/mol. The van der Waals surface area contributed by atoms with E-state index in [0.717, 1.165) is 47.1 Å². The lowest BCUT2D eigenvalue weighted by molar-refractivity contribution is 0.173. The van der Waals surface area contributed by atoms with Crippen molar-refractivity contribution in [1.29, 1.82) is 0 Å². The number of aromatic amines is 1. The van der Waals surface area contributed by atoms with Gasteiger partial charge in [-0.2, -0.15) is 5.10 Å². The summed E-state index contributed by atoms with van der Waals surface area (Å²) in [5, 5.41) is 19.6. The molecule has 21 heavy (non-hydrogen) atoms. The van der Waals surface area contributed by atoms with Crippen LogP contribution in [-0.4, -0.2) is 45.0 Å². The summed E-state index contributed by atoms with van der Waals surface area (Å²) < 4.78 is 0.907. The van der Waals surface area contributed by atoms with Crippen molar-refractivity contribution in [2.45, 2.75) is 25.3 Å². The minimum atomic E-state index is -0.969. The number of hydrogen-bond acceptors (Lipinski definition) is 4. The molecular formula is C13H16BrN5O2. The van der Waals surface area contributed by atoms with Crippen LogP contribution >= 0.6 is 15.9 Å². The number of carbonyl (C=O) groups is 1. The maximum atomic E-state index is 10.8. The van der Waals surface area contributed by atoms with Gasteiger partial charge in [-0.15, -0.1) is 0 Å². The standard InChI is InChI=1S/C13H16BrN5O2/c1-13(17-12(20)21)2-4-19(5-3-13)11-10-8(6-16-18-10)9(14)7-15-11/h6-7,17H,2-5H2,1H3,(H,16,18)(H,20,21). The lowest BCUT2D eigenvalue weighted by Crippen LogP contribution is -2.53. The van der Waals surface area contributed by atoms with Gasteiger partial charge in [0.2, 0.25) is 0 Å². The third-order valence-corrected chi connectivity index (χ3v) is 4.63. The van der Waals surface area contributed by atoms with Crippen LogP contribution in [0.3, 0.4) is 0 Å². The number of halogens is 1. The molecule has 0 aliphatic carbocycles. The highest BCUT2D eigenvalue weighted by molar-refractivity contribution is 9.10. The Morgan fingerprint density at radius 1 is 1.48 bits per heavy atom. The summed E-state index contributed by atoms with van der Waals surface area (Å²) in [6.07, 6.45) is 4.06. The Hall–Kier alpha value is -1.83. The number of rotatable bonds is 2. The SMILES string of the molecule is CC1(NC(=O)O)CCN(c2ncc(Br)c3cn[nH]c23)CC1. The van der Waals surface area contributed by atoms with Crippen LogP contribution in [0.15, 0.2) is 16.9 Å². The summed E-state index contributed by atoms with van der Waals surface area (Å²) in [5.41, 5.74) is 0.532. The van der Waals surface area contributed by atoms with E-state index in [0.29, 0.717) is 0 Å². The lowest BCUT2D eigenvalue weighted by atomic mass is 9.90. The average molecular weight is 354 g/mol. The number of nitrogens with one attached hydrogen (secondary N) is 2. The van der Waals surface area contributed by atoms with Gasteiger partial charge < -0.3 is 15.3 Å². The topological polar surface area (TPSA) is 94.1 Å². The van der Waals surface area contributed by atoms with Crippen molar-refractivity contribution < 1.29 is 9.90 Å². The molecule has 1 fully saturated rings. The Balaban J connectivity index is 1.82. The van der Waals surface area contributed by atoms with Crippen molar-refractivity contribution in [2.24, 2.45) is 0 Å². The average Bonchev–Trinajstić information content (AvgIpc) is 2.90. The molecule has 1 saturated heterocycles. The van der Waals surface area contributed by atoms with Gasteiger partial charge in [0.05, 0.1) is 6.20 Å². The van der Waals surface area contributed by atoms with E-state index < -0.39 is 6.09 Å². The molecule has 1 amide bonds. The first-order valence-electron chi connectivity index (χ1n) is 6.72. The number of carboxylic acid groups (broad SMARTS) is 1. The van der Waals surface area contributed by atoms with E-state index in [1.54, 1.807) is 12.4 Å². The predicted molar refractivity (Wildman–Crippen MR) is 82.6 cm³/mol. The number of amides is 1. The Labute approximate surface area is 129 Å². The van der Waals surface area contributed by atoms with E-state index in [4.69, 9.17) is 5.11 Å². The first-order chi connectivity index (χ1) is 9.98. The molecule has 2 aromatic heterocycles. The number of piperidine rings is 1. The van der Waals surface area contributed by atoms with Gasteiger partial charge in [-0.1, -0.05) is 0 Å². The second-order valence-corrected chi connectivity index (χ2v) is 6.42. The summed E-state index contributed by atoms with van der Waals surface area (Å²) in [7, 11) is 0. The van der Waals surface area contributed by atoms with Gasteiger partial charge in [-0.25, -0.2) is 9.78 Å². The fraction of sp³-hybridized carbons (Fsp3) is 0.462. The third-order valence-electron chi connectivity index (χ3n) is 4.00. The Morgan fingerprint density at radius 2 is 2.19 bits per heavy atom. The van der Waals surface area contributed by atoms with E-state index in [9.17, 15) is 4.79 Å². The highest BCUT2D eigenvalue weighted by Gasteiger charge is 2.32. The van der Waals surface area contributed by atoms with Gasteiger partial charge >= 0.3 is 6.09 Å². The molecule has 8 heteroatoms. The first-order valence-corrected chi connectivity index (χ1v) is 7.51. The minimum Gasteiger partial charge on any atom is -0.465 e. The summed E-state index contributed by atoms with van der Waals surface area (Å²) in [6, 6.07) is 0. The maximum absolute atomic E-state index is 10.8. The molecule has 0 spiro atoms. The zero-order valence-corrected chi connectivity index (χ0v) is 13.1. The van der Waals surface area contributed by atoms with Gasteiger partial charge in [-0.3, -0.25) is 5.10 Å². The Kier molecular flexibility index (Phi) is 3.48. The van der Waals surface area contributed by atoms with E-state index in [-0.39, 0.29) is 5.54 Å². The quantitative estimate of drug-likeness (QED) is 0.770. The normalized spacial score (nSPS) is 17.9. The molecule has 0 aromatic carbocycles. The van der Waals surface area contributed by atoms with E-state index in [1.807, 2.05) is 6.92 Å². The van der Waals surface area contributed by atoms with E-state index in [1.165, 1.54) is 0 Å². The molecule has 0 bridgehead atoms. The molecule has 112 valence electrons. The second kappa shape index (κ2) is 5.18. The van der Waals surface area contributed by atoms with Crippen LogP contribution in [0.4, 0.5) is 10.6 Å². The number of nitrogens with zero attached hydrogens (tertiary/aromatic N) is 3. The predicted octanol–water partition coefficient (Wildman–Crippen LogP) is 2.35. The number of aromatic nitrogens is 3. The second-order valence-electron chi connectivity index (χ2n) is 5.57. The van der Waals surface area contributed by atoms with Crippen LogP contribution < -0.4 is 10.2 Å². The fourth-order valence-electron chi connectivity index (χ4n) is 2.72. The minimum absolute atomic E-state index is 0.370. The molecular weight excluding hydrogens is 338 g/mol. The van der Waals surface area contributed by atoms with Crippen molar-refractivity contribution in [3.63, 3.8) is 0 Å². The fourth-order valence-corrected chi connectivity index (χ4v) is 3.13. The maximum Gasteiger partial charge on any atom is 0.405 e. The van der Waals surface area contributed by atoms with Crippen molar-refractivity contribution in [3.05, 3.63) is 16.9 Å². The summed E-state index contributed by atoms with van der Waals surface area (Å²) in [5.74, 6) is 0.864. The Bertz CT molecular complexity index is 678. The van der Waals surface area contributed by atoms with Crippen LogP contribution in [0.25, 0.3) is 10.9 Å². The zero-order chi connectivity index (χ0) is 15.0. The van der Waals surface area contributed by atoms with Crippen molar-refractivity contribution in [3.8, 4) is 0 Å². The van der Waals surface area contributed by atoms with Crippen LogP contribution in [0.5, 0.6) is 0 Å². The van der Waals surface area contributed by atoms with Crippen LogP contribution in [0.1, 0.15) is 19.8 Å². The summed E-state index contributed by atoms with van der Waals surface area (Å²) in [6.45, 7) is 3.44. The molecule has 7 nitrogen and oxygen atoms in total. The highest BCUT2D eigenvalue weighted by Crippen LogP contribution is 2.31. The number of H-pyrrole nitrogens is 1. The molecule has 3 N–H and O–H groups in total. The molecule has 3 heterocycles. The smallest absolute Gasteiger partial charge is 0.405 e. The molecule has 0 unspecified atom stereocenters. The van der Waals surface area contributed by atoms with Crippen molar-refractivity contribution in [1.82, 2.24) is 20.5 Å². The molecule has 1 aliphatic rings. The Morgan fingerprint density at radius 3 is 2.86 bits per heavy atom.